The molecule has 0 bridgehead atoms. The molecule has 1 aliphatic heterocycles. The molecule has 128 valence electrons. The molecule has 1 aliphatic rings. The van der Waals surface area contributed by atoms with E-state index in [2.05, 4.69) is 23.8 Å². The van der Waals surface area contributed by atoms with E-state index in [1.165, 1.54) is 0 Å². The molecule has 0 spiro atoms. The van der Waals surface area contributed by atoms with Gasteiger partial charge in [-0.2, -0.15) is 0 Å². The predicted octanol–water partition coefficient (Wildman–Crippen LogP) is 2.42. The number of nitrogens with two attached hydrogens (primary N) is 1. The zero-order valence-corrected chi connectivity index (χ0v) is 14.9. The first-order valence-corrected chi connectivity index (χ1v) is 7.43. The first kappa shape index (κ1) is 19.7. The van der Waals surface area contributed by atoms with E-state index >= 15 is 0 Å². The molecule has 3 rings (SSSR count). The van der Waals surface area contributed by atoms with Crippen molar-refractivity contribution < 1.29 is 4.79 Å². The van der Waals surface area contributed by atoms with Crippen molar-refractivity contribution in [3.05, 3.63) is 24.2 Å². The molecule has 0 aromatic carbocycles. The summed E-state index contributed by atoms with van der Waals surface area (Å²) in [5.74, 6) is 0.0235. The summed E-state index contributed by atoms with van der Waals surface area (Å²) in [7, 11) is 0. The summed E-state index contributed by atoms with van der Waals surface area (Å²) in [6, 6.07) is 2.35. The van der Waals surface area contributed by atoms with Gasteiger partial charge in [-0.1, -0.05) is 0 Å². The van der Waals surface area contributed by atoms with Crippen LogP contribution < -0.4 is 5.73 Å². The fourth-order valence-corrected chi connectivity index (χ4v) is 2.70. The van der Waals surface area contributed by atoms with Crippen molar-refractivity contribution in [2.75, 3.05) is 13.1 Å². The molecule has 8 heteroatoms. The Bertz CT molecular complexity index is 665. The van der Waals surface area contributed by atoms with Gasteiger partial charge >= 0.3 is 0 Å². The number of halogens is 2. The van der Waals surface area contributed by atoms with Gasteiger partial charge in [0.1, 0.15) is 5.52 Å². The lowest BCUT2D eigenvalue weighted by molar-refractivity contribution is 0.0714. The van der Waals surface area contributed by atoms with Crippen molar-refractivity contribution in [2.24, 2.45) is 5.73 Å². The van der Waals surface area contributed by atoms with Gasteiger partial charge in [-0.25, -0.2) is 9.97 Å². The number of pyridine rings is 1. The maximum atomic E-state index is 12.5. The topological polar surface area (TPSA) is 77.0 Å². The molecule has 1 fully saturated rings. The van der Waals surface area contributed by atoms with Crippen molar-refractivity contribution in [3.63, 3.8) is 0 Å². The molecule has 3 heterocycles. The number of piperidine rings is 1. The predicted molar refractivity (Wildman–Crippen MR) is 95.5 cm³/mol. The standard InChI is InChI=1S/C15H21N5O.2ClH/c1-10(2)20-9-18-13-7-11(8-17-14(13)20)15(21)19-5-3-12(16)4-6-19;;/h7-10,12H,3-6,16H2,1-2H3;2*1H. The maximum absolute atomic E-state index is 12.5. The van der Waals surface area contributed by atoms with Gasteiger partial charge in [0.2, 0.25) is 0 Å². The number of hydrogen-bond acceptors (Lipinski definition) is 4. The number of carbonyl (C=O) groups is 1. The lowest BCUT2D eigenvalue weighted by Crippen LogP contribution is -2.42. The Morgan fingerprint density at radius 1 is 1.26 bits per heavy atom. The van der Waals surface area contributed by atoms with Crippen LogP contribution in [0, 0.1) is 0 Å². The zero-order chi connectivity index (χ0) is 15.0. The van der Waals surface area contributed by atoms with E-state index in [1.807, 2.05) is 15.5 Å². The number of fused-ring (bicyclic) bond motifs is 1. The maximum Gasteiger partial charge on any atom is 0.255 e. The number of nitrogens with zero attached hydrogens (tertiary/aromatic N) is 4. The number of imidazole rings is 1. The van der Waals surface area contributed by atoms with Crippen LogP contribution in [-0.4, -0.2) is 44.5 Å². The molecular weight excluding hydrogens is 337 g/mol. The zero-order valence-electron chi connectivity index (χ0n) is 13.3. The third kappa shape index (κ3) is 3.94. The second-order valence-corrected chi connectivity index (χ2v) is 5.94. The van der Waals surface area contributed by atoms with Crippen LogP contribution in [0.3, 0.4) is 0 Å². The molecule has 1 saturated heterocycles. The second kappa shape index (κ2) is 7.95. The number of carbonyl (C=O) groups excluding carboxylic acids is 1. The number of hydrogen-bond donors (Lipinski definition) is 1. The fraction of sp³-hybridized carbons (Fsp3) is 0.533. The highest BCUT2D eigenvalue weighted by Gasteiger charge is 2.22. The van der Waals surface area contributed by atoms with Gasteiger partial charge in [-0.05, 0) is 32.8 Å². The van der Waals surface area contributed by atoms with Gasteiger partial charge in [0, 0.05) is 31.4 Å². The lowest BCUT2D eigenvalue weighted by Gasteiger charge is -2.30. The molecule has 0 aliphatic carbocycles. The molecule has 23 heavy (non-hydrogen) atoms. The largest absolute Gasteiger partial charge is 0.338 e. The Labute approximate surface area is 148 Å². The van der Waals surface area contributed by atoms with Crippen LogP contribution >= 0.6 is 24.8 Å². The SMILES string of the molecule is CC(C)n1cnc2cc(C(=O)N3CCC(N)CC3)cnc21.Cl.Cl. The van der Waals surface area contributed by atoms with Crippen molar-refractivity contribution in [3.8, 4) is 0 Å². The van der Waals surface area contributed by atoms with Gasteiger partial charge in [0.05, 0.1) is 11.9 Å². The summed E-state index contributed by atoms with van der Waals surface area (Å²) in [5, 5.41) is 0. The first-order chi connectivity index (χ1) is 10.1. The highest BCUT2D eigenvalue weighted by Crippen LogP contribution is 2.18. The minimum atomic E-state index is 0. The van der Waals surface area contributed by atoms with E-state index in [9.17, 15) is 4.79 Å². The Balaban J connectivity index is 0.00000132. The van der Waals surface area contributed by atoms with Crippen LogP contribution in [0.1, 0.15) is 43.1 Å². The van der Waals surface area contributed by atoms with E-state index in [0.29, 0.717) is 11.6 Å². The van der Waals surface area contributed by atoms with Gasteiger partial charge in [0.25, 0.3) is 5.91 Å². The average molecular weight is 360 g/mol. The van der Waals surface area contributed by atoms with E-state index < -0.39 is 0 Å². The summed E-state index contributed by atoms with van der Waals surface area (Å²) in [5.41, 5.74) is 8.07. The number of aromatic nitrogens is 3. The Hall–Kier alpha value is -1.37. The highest BCUT2D eigenvalue weighted by atomic mass is 35.5. The summed E-state index contributed by atoms with van der Waals surface area (Å²) >= 11 is 0. The van der Waals surface area contributed by atoms with Crippen LogP contribution in [0.25, 0.3) is 11.2 Å². The molecule has 0 unspecified atom stereocenters. The molecule has 2 aromatic rings. The molecular formula is C15H23Cl2N5O. The van der Waals surface area contributed by atoms with Crippen LogP contribution in [-0.2, 0) is 0 Å². The van der Waals surface area contributed by atoms with Crippen molar-refractivity contribution in [1.82, 2.24) is 19.4 Å². The molecule has 0 radical (unpaired) electrons. The summed E-state index contributed by atoms with van der Waals surface area (Å²) in [6.07, 6.45) is 5.16. The number of likely N-dealkylation sites (tertiary alicyclic amines) is 1. The monoisotopic (exact) mass is 359 g/mol. The minimum Gasteiger partial charge on any atom is -0.338 e. The van der Waals surface area contributed by atoms with Crippen LogP contribution in [0.15, 0.2) is 18.6 Å². The lowest BCUT2D eigenvalue weighted by atomic mass is 10.1. The molecule has 2 N–H and O–H groups in total. The van der Waals surface area contributed by atoms with E-state index in [0.717, 1.165) is 37.1 Å². The Morgan fingerprint density at radius 3 is 2.52 bits per heavy atom. The third-order valence-electron chi connectivity index (χ3n) is 4.04. The summed E-state index contributed by atoms with van der Waals surface area (Å²) < 4.78 is 2.00. The fourth-order valence-electron chi connectivity index (χ4n) is 2.70. The smallest absolute Gasteiger partial charge is 0.255 e. The third-order valence-corrected chi connectivity index (χ3v) is 4.04. The van der Waals surface area contributed by atoms with Crippen LogP contribution in [0.5, 0.6) is 0 Å². The normalized spacial score (nSPS) is 15.4. The van der Waals surface area contributed by atoms with Crippen molar-refractivity contribution >= 4 is 41.9 Å². The average Bonchev–Trinajstić information content (AvgIpc) is 2.90. The quantitative estimate of drug-likeness (QED) is 0.892. The highest BCUT2D eigenvalue weighted by molar-refractivity contribution is 5.96. The Morgan fingerprint density at radius 2 is 1.91 bits per heavy atom. The summed E-state index contributed by atoms with van der Waals surface area (Å²) in [6.45, 7) is 5.61. The minimum absolute atomic E-state index is 0. The van der Waals surface area contributed by atoms with Gasteiger partial charge in [-0.15, -0.1) is 24.8 Å². The van der Waals surface area contributed by atoms with Gasteiger partial charge in [0.15, 0.2) is 5.65 Å². The molecule has 1 amide bonds. The second-order valence-electron chi connectivity index (χ2n) is 5.94. The van der Waals surface area contributed by atoms with Crippen LogP contribution in [0.2, 0.25) is 0 Å². The van der Waals surface area contributed by atoms with E-state index in [1.54, 1.807) is 12.5 Å². The molecule has 6 nitrogen and oxygen atoms in total. The Kier molecular flexibility index (Phi) is 6.80. The van der Waals surface area contributed by atoms with Gasteiger partial charge in [-0.3, -0.25) is 4.79 Å². The van der Waals surface area contributed by atoms with E-state index in [-0.39, 0.29) is 36.8 Å². The number of rotatable bonds is 2. The number of amides is 1. The summed E-state index contributed by atoms with van der Waals surface area (Å²) in [4.78, 5) is 23.1. The molecule has 0 atom stereocenters. The van der Waals surface area contributed by atoms with Crippen molar-refractivity contribution in [2.45, 2.75) is 38.8 Å². The van der Waals surface area contributed by atoms with E-state index in [4.69, 9.17) is 5.73 Å². The van der Waals surface area contributed by atoms with Gasteiger partial charge < -0.3 is 15.2 Å². The van der Waals surface area contributed by atoms with Crippen molar-refractivity contribution in [1.29, 1.82) is 0 Å². The van der Waals surface area contributed by atoms with Crippen LogP contribution in [0.4, 0.5) is 0 Å². The first-order valence-electron chi connectivity index (χ1n) is 7.43. The molecule has 2 aromatic heterocycles. The molecule has 0 saturated carbocycles.